The van der Waals surface area contributed by atoms with Crippen molar-refractivity contribution in [3.8, 4) is 11.3 Å². The Morgan fingerprint density at radius 1 is 1.16 bits per heavy atom. The highest BCUT2D eigenvalue weighted by atomic mass is 19.1. The van der Waals surface area contributed by atoms with Crippen LogP contribution >= 0.6 is 0 Å². The highest BCUT2D eigenvalue weighted by Crippen LogP contribution is 2.27. The van der Waals surface area contributed by atoms with Crippen LogP contribution in [-0.2, 0) is 18.4 Å². The molecule has 1 aromatic heterocycles. The predicted molar refractivity (Wildman–Crippen MR) is 121 cm³/mol. The zero-order chi connectivity index (χ0) is 21.6. The summed E-state index contributed by atoms with van der Waals surface area (Å²) in [6.45, 7) is 2.88. The molecule has 2 aromatic carbocycles. The van der Waals surface area contributed by atoms with Gasteiger partial charge >= 0.3 is 0 Å². The van der Waals surface area contributed by atoms with Crippen LogP contribution in [0.2, 0.25) is 0 Å². The van der Waals surface area contributed by atoms with Crippen molar-refractivity contribution in [2.75, 3.05) is 18.4 Å². The van der Waals surface area contributed by atoms with E-state index in [1.807, 2.05) is 29.9 Å². The lowest BCUT2D eigenvalue weighted by molar-refractivity contribution is -0.116. The van der Waals surface area contributed by atoms with Crippen LogP contribution in [0.15, 0.2) is 60.8 Å². The first-order valence-corrected chi connectivity index (χ1v) is 10.9. The maximum Gasteiger partial charge on any atom is 0.224 e. The predicted octanol–water partition coefficient (Wildman–Crippen LogP) is 4.86. The van der Waals surface area contributed by atoms with Crippen molar-refractivity contribution in [2.24, 2.45) is 13.0 Å². The third-order valence-corrected chi connectivity index (χ3v) is 5.88. The molecule has 3 aromatic rings. The smallest absolute Gasteiger partial charge is 0.224 e. The molecule has 4 rings (SSSR count). The standard InChI is InChI=1S/C25H29FN4O/c1-29-17-21(25(28-29)20-9-3-2-4-10-20)18-30-15-7-8-19(16-30)13-14-24(31)27-23-12-6-5-11-22(23)26/h2-6,9-12,17,19H,7-8,13-16,18H2,1H3,(H,27,31)/t19-/m0/s1. The van der Waals surface area contributed by atoms with Crippen molar-refractivity contribution in [2.45, 2.75) is 32.2 Å². The summed E-state index contributed by atoms with van der Waals surface area (Å²) in [6.07, 6.45) is 5.58. The maximum absolute atomic E-state index is 13.7. The second-order valence-corrected chi connectivity index (χ2v) is 8.35. The quantitative estimate of drug-likeness (QED) is 0.594. The topological polar surface area (TPSA) is 50.2 Å². The summed E-state index contributed by atoms with van der Waals surface area (Å²) >= 11 is 0. The summed E-state index contributed by atoms with van der Waals surface area (Å²) in [5, 5.41) is 7.37. The first kappa shape index (κ1) is 21.2. The van der Waals surface area contributed by atoms with Crippen LogP contribution in [0.3, 0.4) is 0 Å². The number of piperidine rings is 1. The van der Waals surface area contributed by atoms with Gasteiger partial charge in [-0.2, -0.15) is 5.10 Å². The van der Waals surface area contributed by atoms with Crippen molar-refractivity contribution in [3.63, 3.8) is 0 Å². The Balaban J connectivity index is 1.32. The molecule has 5 nitrogen and oxygen atoms in total. The molecule has 6 heteroatoms. The highest BCUT2D eigenvalue weighted by molar-refractivity contribution is 5.90. The number of nitrogens with zero attached hydrogens (tertiary/aromatic N) is 3. The van der Waals surface area contributed by atoms with E-state index in [-0.39, 0.29) is 11.6 Å². The molecule has 1 saturated heterocycles. The Labute approximate surface area is 182 Å². The Hall–Kier alpha value is -2.99. The van der Waals surface area contributed by atoms with E-state index >= 15 is 0 Å². The van der Waals surface area contributed by atoms with E-state index in [2.05, 4.69) is 33.6 Å². The van der Waals surface area contributed by atoms with Gasteiger partial charge in [0.25, 0.3) is 0 Å². The summed E-state index contributed by atoms with van der Waals surface area (Å²) < 4.78 is 15.6. The van der Waals surface area contributed by atoms with Crippen LogP contribution in [0.5, 0.6) is 0 Å². The molecule has 1 N–H and O–H groups in total. The van der Waals surface area contributed by atoms with Crippen molar-refractivity contribution < 1.29 is 9.18 Å². The molecule has 1 amide bonds. The van der Waals surface area contributed by atoms with E-state index in [1.54, 1.807) is 18.2 Å². The lowest BCUT2D eigenvalue weighted by Gasteiger charge is -2.32. The summed E-state index contributed by atoms with van der Waals surface area (Å²) in [7, 11) is 1.96. The Morgan fingerprint density at radius 3 is 2.74 bits per heavy atom. The third-order valence-electron chi connectivity index (χ3n) is 5.88. The lowest BCUT2D eigenvalue weighted by Crippen LogP contribution is -2.35. The number of nitrogens with one attached hydrogen (secondary N) is 1. The van der Waals surface area contributed by atoms with Gasteiger partial charge in [0, 0.05) is 43.9 Å². The number of carbonyl (C=O) groups is 1. The number of rotatable bonds is 7. The van der Waals surface area contributed by atoms with Gasteiger partial charge in [-0.15, -0.1) is 0 Å². The molecule has 0 bridgehead atoms. The molecule has 0 aliphatic carbocycles. The van der Waals surface area contributed by atoms with Gasteiger partial charge in [-0.3, -0.25) is 14.4 Å². The number of carbonyl (C=O) groups excluding carboxylic acids is 1. The second kappa shape index (κ2) is 9.88. The fourth-order valence-corrected chi connectivity index (χ4v) is 4.37. The summed E-state index contributed by atoms with van der Waals surface area (Å²) in [5.41, 5.74) is 3.65. The van der Waals surface area contributed by atoms with Gasteiger partial charge in [0.15, 0.2) is 0 Å². The molecular formula is C25H29FN4O. The average Bonchev–Trinajstić information content (AvgIpc) is 3.15. The first-order valence-electron chi connectivity index (χ1n) is 10.9. The van der Waals surface area contributed by atoms with Crippen LogP contribution in [0.1, 0.15) is 31.2 Å². The highest BCUT2D eigenvalue weighted by Gasteiger charge is 2.22. The Kier molecular flexibility index (Phi) is 6.77. The summed E-state index contributed by atoms with van der Waals surface area (Å²) in [5.74, 6) is -0.0526. The number of hydrogen-bond donors (Lipinski definition) is 1. The largest absolute Gasteiger partial charge is 0.324 e. The Morgan fingerprint density at radius 2 is 1.94 bits per heavy atom. The van der Waals surface area contributed by atoms with Gasteiger partial charge in [-0.25, -0.2) is 4.39 Å². The summed E-state index contributed by atoms with van der Waals surface area (Å²) in [4.78, 5) is 14.7. The van der Waals surface area contributed by atoms with Crippen LogP contribution in [0.4, 0.5) is 10.1 Å². The summed E-state index contributed by atoms with van der Waals surface area (Å²) in [6, 6.07) is 16.6. The fourth-order valence-electron chi connectivity index (χ4n) is 4.37. The van der Waals surface area contributed by atoms with Crippen LogP contribution in [0, 0.1) is 11.7 Å². The maximum atomic E-state index is 13.7. The zero-order valence-corrected chi connectivity index (χ0v) is 17.9. The van der Waals surface area contributed by atoms with Crippen molar-refractivity contribution in [1.82, 2.24) is 14.7 Å². The van der Waals surface area contributed by atoms with Gasteiger partial charge in [-0.05, 0) is 43.9 Å². The van der Waals surface area contributed by atoms with Crippen molar-refractivity contribution >= 4 is 11.6 Å². The van der Waals surface area contributed by atoms with E-state index in [4.69, 9.17) is 0 Å². The van der Waals surface area contributed by atoms with Crippen molar-refractivity contribution in [3.05, 3.63) is 72.2 Å². The van der Waals surface area contributed by atoms with E-state index in [0.717, 1.165) is 50.2 Å². The molecule has 31 heavy (non-hydrogen) atoms. The minimum Gasteiger partial charge on any atom is -0.324 e. The average molecular weight is 421 g/mol. The second-order valence-electron chi connectivity index (χ2n) is 8.35. The van der Waals surface area contributed by atoms with E-state index in [0.29, 0.717) is 12.3 Å². The molecule has 0 spiro atoms. The number of para-hydroxylation sites is 1. The minimum atomic E-state index is -0.398. The molecule has 0 unspecified atom stereocenters. The molecule has 1 fully saturated rings. The zero-order valence-electron chi connectivity index (χ0n) is 17.9. The molecule has 1 aliphatic rings. The molecule has 1 aliphatic heterocycles. The Bertz CT molecular complexity index is 1020. The number of aromatic nitrogens is 2. The number of aryl methyl sites for hydroxylation is 1. The molecule has 162 valence electrons. The molecular weight excluding hydrogens is 391 g/mol. The number of halogens is 1. The van der Waals surface area contributed by atoms with Gasteiger partial charge in [0.2, 0.25) is 5.91 Å². The third kappa shape index (κ3) is 5.58. The van der Waals surface area contributed by atoms with Gasteiger partial charge in [0.1, 0.15) is 5.82 Å². The molecule has 1 atom stereocenters. The van der Waals surface area contributed by atoms with Gasteiger partial charge in [-0.1, -0.05) is 42.5 Å². The van der Waals surface area contributed by atoms with Crippen LogP contribution < -0.4 is 5.32 Å². The van der Waals surface area contributed by atoms with Gasteiger partial charge < -0.3 is 5.32 Å². The SMILES string of the molecule is Cn1cc(CN2CCC[C@@H](CCC(=O)Nc3ccccc3F)C2)c(-c2ccccc2)n1. The molecule has 0 saturated carbocycles. The molecule has 2 heterocycles. The monoisotopic (exact) mass is 420 g/mol. The van der Waals surface area contributed by atoms with E-state index in [1.165, 1.54) is 11.6 Å². The number of likely N-dealkylation sites (tertiary alicyclic amines) is 1. The van der Waals surface area contributed by atoms with Crippen LogP contribution in [-0.4, -0.2) is 33.7 Å². The van der Waals surface area contributed by atoms with Crippen molar-refractivity contribution in [1.29, 1.82) is 0 Å². The van der Waals surface area contributed by atoms with Crippen LogP contribution in [0.25, 0.3) is 11.3 Å². The molecule has 0 radical (unpaired) electrons. The van der Waals surface area contributed by atoms with E-state index in [9.17, 15) is 9.18 Å². The number of benzene rings is 2. The number of amides is 1. The number of anilines is 1. The number of hydrogen-bond acceptors (Lipinski definition) is 3. The normalized spacial score (nSPS) is 16.9. The first-order chi connectivity index (χ1) is 15.1. The van der Waals surface area contributed by atoms with Gasteiger partial charge in [0.05, 0.1) is 11.4 Å². The lowest BCUT2D eigenvalue weighted by atomic mass is 9.93. The minimum absolute atomic E-state index is 0.124. The fraction of sp³-hybridized carbons (Fsp3) is 0.360. The van der Waals surface area contributed by atoms with E-state index < -0.39 is 5.82 Å².